The van der Waals surface area contributed by atoms with Crippen LogP contribution in [0.2, 0.25) is 0 Å². The molecule has 2 rings (SSSR count). The first-order valence-electron chi connectivity index (χ1n) is 5.96. The third kappa shape index (κ3) is 2.45. The van der Waals surface area contributed by atoms with Crippen molar-refractivity contribution in [3.8, 4) is 0 Å². The van der Waals surface area contributed by atoms with Gasteiger partial charge in [-0.3, -0.25) is 9.59 Å². The van der Waals surface area contributed by atoms with Gasteiger partial charge in [-0.15, -0.1) is 0 Å². The first kappa shape index (κ1) is 13.1. The topological polar surface area (TPSA) is 73.4 Å². The van der Waals surface area contributed by atoms with Crippen LogP contribution in [-0.4, -0.2) is 40.5 Å². The van der Waals surface area contributed by atoms with Crippen molar-refractivity contribution >= 4 is 22.8 Å². The van der Waals surface area contributed by atoms with E-state index in [0.717, 1.165) is 22.2 Å². The van der Waals surface area contributed by atoms with Crippen LogP contribution in [0.1, 0.15) is 21.6 Å². The number of hydrogen-bond donors (Lipinski definition) is 2. The lowest BCUT2D eigenvalue weighted by Crippen LogP contribution is -2.32. The number of aryl methyl sites for hydroxylation is 2. The number of carboxylic acid groups (broad SMARTS) is 1. The average molecular weight is 260 g/mol. The number of rotatable bonds is 3. The number of carboxylic acids is 1. The predicted octanol–water partition coefficient (Wildman–Crippen LogP) is 1.94. The summed E-state index contributed by atoms with van der Waals surface area (Å²) in [7, 11) is 1.49. The van der Waals surface area contributed by atoms with Crippen LogP contribution in [-0.2, 0) is 4.79 Å². The largest absolute Gasteiger partial charge is 0.480 e. The highest BCUT2D eigenvalue weighted by Gasteiger charge is 2.20. The molecule has 2 aromatic rings. The molecule has 0 aliphatic heterocycles. The van der Waals surface area contributed by atoms with E-state index in [9.17, 15) is 9.59 Å². The van der Waals surface area contributed by atoms with Gasteiger partial charge >= 0.3 is 5.97 Å². The molecule has 1 aromatic carbocycles. The number of likely N-dealkylation sites (N-methyl/N-ethyl adjacent to an activating group) is 1. The molecule has 5 nitrogen and oxygen atoms in total. The highest BCUT2D eigenvalue weighted by atomic mass is 16.4. The number of amides is 1. The molecule has 100 valence electrons. The van der Waals surface area contributed by atoms with E-state index in [4.69, 9.17) is 5.11 Å². The normalized spacial score (nSPS) is 10.7. The molecular formula is C14H16N2O3. The summed E-state index contributed by atoms with van der Waals surface area (Å²) in [4.78, 5) is 27.3. The SMILES string of the molecule is Cc1ccc2c(C(=O)N(C)CC(=O)O)c(C)[nH]c2c1. The van der Waals surface area contributed by atoms with Crippen LogP contribution in [0.15, 0.2) is 18.2 Å². The summed E-state index contributed by atoms with van der Waals surface area (Å²) in [5.41, 5.74) is 3.29. The summed E-state index contributed by atoms with van der Waals surface area (Å²) in [6, 6.07) is 5.79. The fourth-order valence-corrected chi connectivity index (χ4v) is 2.19. The first-order valence-corrected chi connectivity index (χ1v) is 5.96. The quantitative estimate of drug-likeness (QED) is 0.885. The highest BCUT2D eigenvalue weighted by molar-refractivity contribution is 6.08. The average Bonchev–Trinajstić information content (AvgIpc) is 2.62. The van der Waals surface area contributed by atoms with E-state index in [2.05, 4.69) is 4.98 Å². The van der Waals surface area contributed by atoms with Gasteiger partial charge in [0.25, 0.3) is 5.91 Å². The lowest BCUT2D eigenvalue weighted by atomic mass is 10.1. The van der Waals surface area contributed by atoms with Crippen molar-refractivity contribution < 1.29 is 14.7 Å². The van der Waals surface area contributed by atoms with Crippen LogP contribution in [0.4, 0.5) is 0 Å². The highest BCUT2D eigenvalue weighted by Crippen LogP contribution is 2.24. The van der Waals surface area contributed by atoms with Crippen LogP contribution in [0.5, 0.6) is 0 Å². The molecule has 0 bridgehead atoms. The van der Waals surface area contributed by atoms with E-state index in [1.165, 1.54) is 11.9 Å². The molecule has 0 saturated carbocycles. The maximum absolute atomic E-state index is 12.3. The van der Waals surface area contributed by atoms with Crippen molar-refractivity contribution in [1.82, 2.24) is 9.88 Å². The van der Waals surface area contributed by atoms with E-state index >= 15 is 0 Å². The number of aromatic amines is 1. The molecule has 5 heteroatoms. The maximum atomic E-state index is 12.3. The summed E-state index contributed by atoms with van der Waals surface area (Å²) in [6.45, 7) is 3.49. The monoisotopic (exact) mass is 260 g/mol. The number of carbonyl (C=O) groups excluding carboxylic acids is 1. The number of nitrogens with zero attached hydrogens (tertiary/aromatic N) is 1. The minimum atomic E-state index is -1.02. The third-order valence-corrected chi connectivity index (χ3v) is 3.07. The van der Waals surface area contributed by atoms with Gasteiger partial charge in [-0.05, 0) is 25.5 Å². The molecule has 0 unspecified atom stereocenters. The third-order valence-electron chi connectivity index (χ3n) is 3.07. The number of H-pyrrole nitrogens is 1. The number of fused-ring (bicyclic) bond motifs is 1. The fraction of sp³-hybridized carbons (Fsp3) is 0.286. The lowest BCUT2D eigenvalue weighted by molar-refractivity contribution is -0.137. The zero-order valence-corrected chi connectivity index (χ0v) is 11.2. The Hall–Kier alpha value is -2.30. The van der Waals surface area contributed by atoms with Crippen LogP contribution in [0.25, 0.3) is 10.9 Å². The molecule has 0 radical (unpaired) electrons. The Morgan fingerprint density at radius 2 is 2.00 bits per heavy atom. The van der Waals surface area contributed by atoms with Crippen LogP contribution in [0, 0.1) is 13.8 Å². The van der Waals surface area contributed by atoms with Gasteiger partial charge in [0, 0.05) is 23.6 Å². The van der Waals surface area contributed by atoms with Crippen molar-refractivity contribution in [2.45, 2.75) is 13.8 Å². The second kappa shape index (κ2) is 4.76. The van der Waals surface area contributed by atoms with Crippen LogP contribution in [0.3, 0.4) is 0 Å². The van der Waals surface area contributed by atoms with E-state index in [1.807, 2.05) is 32.0 Å². The molecule has 19 heavy (non-hydrogen) atoms. The van der Waals surface area contributed by atoms with Crippen LogP contribution < -0.4 is 0 Å². The Morgan fingerprint density at radius 1 is 1.32 bits per heavy atom. The van der Waals surface area contributed by atoms with Gasteiger partial charge in [0.15, 0.2) is 0 Å². The van der Waals surface area contributed by atoms with Gasteiger partial charge in [-0.2, -0.15) is 0 Å². The number of hydrogen-bond acceptors (Lipinski definition) is 2. The smallest absolute Gasteiger partial charge is 0.323 e. The zero-order chi connectivity index (χ0) is 14.2. The van der Waals surface area contributed by atoms with Gasteiger partial charge in [-0.25, -0.2) is 0 Å². The Balaban J connectivity index is 2.47. The van der Waals surface area contributed by atoms with Gasteiger partial charge < -0.3 is 15.0 Å². The number of benzene rings is 1. The van der Waals surface area contributed by atoms with Gasteiger partial charge in [-0.1, -0.05) is 12.1 Å². The molecule has 1 amide bonds. The van der Waals surface area contributed by atoms with Crippen molar-refractivity contribution in [3.05, 3.63) is 35.0 Å². The first-order chi connectivity index (χ1) is 8.90. The van der Waals surface area contributed by atoms with E-state index in [0.29, 0.717) is 5.56 Å². The predicted molar refractivity (Wildman–Crippen MR) is 72.4 cm³/mol. The molecule has 0 atom stereocenters. The summed E-state index contributed by atoms with van der Waals surface area (Å²) < 4.78 is 0. The van der Waals surface area contributed by atoms with Crippen molar-refractivity contribution in [3.63, 3.8) is 0 Å². The van der Waals surface area contributed by atoms with Gasteiger partial charge in [0.05, 0.1) is 5.56 Å². The molecule has 0 saturated heterocycles. The lowest BCUT2D eigenvalue weighted by Gasteiger charge is -2.14. The molecule has 0 spiro atoms. The van der Waals surface area contributed by atoms with E-state index < -0.39 is 5.97 Å². The molecular weight excluding hydrogens is 244 g/mol. The summed E-state index contributed by atoms with van der Waals surface area (Å²) in [6.07, 6.45) is 0. The maximum Gasteiger partial charge on any atom is 0.323 e. The number of aliphatic carboxylic acids is 1. The Labute approximate surface area is 110 Å². The minimum Gasteiger partial charge on any atom is -0.480 e. The number of nitrogens with one attached hydrogen (secondary N) is 1. The second-order valence-corrected chi connectivity index (χ2v) is 4.73. The molecule has 0 aliphatic rings. The second-order valence-electron chi connectivity index (χ2n) is 4.73. The summed E-state index contributed by atoms with van der Waals surface area (Å²) >= 11 is 0. The summed E-state index contributed by atoms with van der Waals surface area (Å²) in [5, 5.41) is 9.57. The molecule has 1 heterocycles. The summed E-state index contributed by atoms with van der Waals surface area (Å²) in [5.74, 6) is -1.31. The van der Waals surface area contributed by atoms with Crippen molar-refractivity contribution in [1.29, 1.82) is 0 Å². The fourth-order valence-electron chi connectivity index (χ4n) is 2.19. The number of aromatic nitrogens is 1. The van der Waals surface area contributed by atoms with Crippen molar-refractivity contribution in [2.75, 3.05) is 13.6 Å². The standard InChI is InChI=1S/C14H16N2O3/c1-8-4-5-10-11(6-8)15-9(2)13(10)14(19)16(3)7-12(17)18/h4-6,15H,7H2,1-3H3,(H,17,18). The minimum absolute atomic E-state index is 0.282. The number of carbonyl (C=O) groups is 2. The van der Waals surface area contributed by atoms with E-state index in [1.54, 1.807) is 0 Å². The van der Waals surface area contributed by atoms with E-state index in [-0.39, 0.29) is 12.5 Å². The van der Waals surface area contributed by atoms with Crippen molar-refractivity contribution in [2.24, 2.45) is 0 Å². The Kier molecular flexibility index (Phi) is 3.29. The molecule has 2 N–H and O–H groups in total. The van der Waals surface area contributed by atoms with Gasteiger partial charge in [0.2, 0.25) is 0 Å². The molecule has 0 fully saturated rings. The zero-order valence-electron chi connectivity index (χ0n) is 11.2. The van der Waals surface area contributed by atoms with Crippen LogP contribution >= 0.6 is 0 Å². The molecule has 0 aliphatic carbocycles. The Bertz CT molecular complexity index is 658. The van der Waals surface area contributed by atoms with Gasteiger partial charge in [0.1, 0.15) is 6.54 Å². The Morgan fingerprint density at radius 3 is 2.63 bits per heavy atom. The molecule has 1 aromatic heterocycles.